The van der Waals surface area contributed by atoms with Crippen molar-refractivity contribution in [3.63, 3.8) is 0 Å². The van der Waals surface area contributed by atoms with Crippen LogP contribution in [0.3, 0.4) is 0 Å². The average molecular weight is 294 g/mol. The van der Waals surface area contributed by atoms with Crippen LogP contribution >= 0.6 is 11.6 Å². The number of hydrogen-bond donors (Lipinski definition) is 1. The summed E-state index contributed by atoms with van der Waals surface area (Å²) >= 11 is 6.02. The van der Waals surface area contributed by atoms with Gasteiger partial charge in [-0.3, -0.25) is 0 Å². The molecule has 1 aromatic carbocycles. The molecule has 2 fully saturated rings. The third-order valence-electron chi connectivity index (χ3n) is 4.81. The Morgan fingerprint density at radius 3 is 2.85 bits per heavy atom. The van der Waals surface area contributed by atoms with Crippen molar-refractivity contribution in [3.8, 4) is 0 Å². The SMILES string of the molecule is NC(Cc1cccc(Cl)c1)CC1CCC2(CCCC2)O1. The molecule has 3 rings (SSSR count). The molecule has 1 aliphatic carbocycles. The van der Waals surface area contributed by atoms with Crippen molar-refractivity contribution in [1.82, 2.24) is 0 Å². The van der Waals surface area contributed by atoms with E-state index in [1.807, 2.05) is 18.2 Å². The molecule has 2 aliphatic rings. The topological polar surface area (TPSA) is 35.2 Å². The van der Waals surface area contributed by atoms with Gasteiger partial charge in [-0.1, -0.05) is 36.6 Å². The maximum absolute atomic E-state index is 6.34. The van der Waals surface area contributed by atoms with Gasteiger partial charge in [0, 0.05) is 11.1 Å². The van der Waals surface area contributed by atoms with Gasteiger partial charge >= 0.3 is 0 Å². The summed E-state index contributed by atoms with van der Waals surface area (Å²) in [6.07, 6.45) is 9.82. The molecule has 1 aromatic rings. The molecular weight excluding hydrogens is 270 g/mol. The Kier molecular flexibility index (Phi) is 4.34. The van der Waals surface area contributed by atoms with Crippen molar-refractivity contribution < 1.29 is 4.74 Å². The summed E-state index contributed by atoms with van der Waals surface area (Å²) in [7, 11) is 0. The molecule has 20 heavy (non-hydrogen) atoms. The summed E-state index contributed by atoms with van der Waals surface area (Å²) in [6, 6.07) is 8.16. The van der Waals surface area contributed by atoms with Crippen molar-refractivity contribution in [1.29, 1.82) is 0 Å². The van der Waals surface area contributed by atoms with Crippen LogP contribution in [0.25, 0.3) is 0 Å². The zero-order chi connectivity index (χ0) is 14.0. The fourth-order valence-corrected chi connectivity index (χ4v) is 4.05. The standard InChI is InChI=1S/C17H24ClNO/c18-14-5-3-4-13(10-14)11-15(19)12-16-6-9-17(20-16)7-1-2-8-17/h3-5,10,15-16H,1-2,6-9,11-12,19H2. The Morgan fingerprint density at radius 1 is 1.30 bits per heavy atom. The van der Waals surface area contributed by atoms with E-state index in [0.717, 1.165) is 17.9 Å². The lowest BCUT2D eigenvalue weighted by atomic mass is 9.96. The summed E-state index contributed by atoms with van der Waals surface area (Å²) < 4.78 is 6.34. The van der Waals surface area contributed by atoms with Crippen LogP contribution < -0.4 is 5.73 Å². The predicted octanol–water partition coefficient (Wildman–Crippen LogP) is 4.09. The van der Waals surface area contributed by atoms with Gasteiger partial charge in [0.05, 0.1) is 11.7 Å². The first-order valence-electron chi connectivity index (χ1n) is 7.83. The number of halogens is 1. The first-order valence-corrected chi connectivity index (χ1v) is 8.21. The van der Waals surface area contributed by atoms with Crippen LogP contribution in [0.15, 0.2) is 24.3 Å². The molecule has 1 saturated heterocycles. The van der Waals surface area contributed by atoms with Crippen molar-refractivity contribution in [2.75, 3.05) is 0 Å². The first-order chi connectivity index (χ1) is 9.65. The molecule has 2 atom stereocenters. The van der Waals surface area contributed by atoms with Gasteiger partial charge in [0.2, 0.25) is 0 Å². The van der Waals surface area contributed by atoms with Crippen LogP contribution in [-0.4, -0.2) is 17.7 Å². The molecule has 0 amide bonds. The van der Waals surface area contributed by atoms with Gasteiger partial charge in [-0.05, 0) is 56.2 Å². The van der Waals surface area contributed by atoms with E-state index in [1.54, 1.807) is 0 Å². The van der Waals surface area contributed by atoms with Crippen LogP contribution in [-0.2, 0) is 11.2 Å². The van der Waals surface area contributed by atoms with Crippen molar-refractivity contribution in [2.45, 2.75) is 69.1 Å². The largest absolute Gasteiger partial charge is 0.372 e. The van der Waals surface area contributed by atoms with Gasteiger partial charge in [-0.15, -0.1) is 0 Å². The highest BCUT2D eigenvalue weighted by atomic mass is 35.5. The quantitative estimate of drug-likeness (QED) is 0.907. The van der Waals surface area contributed by atoms with E-state index in [0.29, 0.717) is 6.10 Å². The molecule has 1 heterocycles. The highest BCUT2D eigenvalue weighted by molar-refractivity contribution is 6.30. The number of benzene rings is 1. The Bertz CT molecular complexity index is 456. The highest BCUT2D eigenvalue weighted by Crippen LogP contribution is 2.44. The van der Waals surface area contributed by atoms with Crippen molar-refractivity contribution in [3.05, 3.63) is 34.9 Å². The van der Waals surface area contributed by atoms with E-state index >= 15 is 0 Å². The third kappa shape index (κ3) is 3.36. The van der Waals surface area contributed by atoms with Crippen LogP contribution in [0.1, 0.15) is 50.5 Å². The summed E-state index contributed by atoms with van der Waals surface area (Å²) in [5, 5.41) is 0.789. The van der Waals surface area contributed by atoms with Crippen molar-refractivity contribution in [2.24, 2.45) is 5.73 Å². The summed E-state index contributed by atoms with van der Waals surface area (Å²) in [4.78, 5) is 0. The Hall–Kier alpha value is -0.570. The van der Waals surface area contributed by atoms with E-state index in [9.17, 15) is 0 Å². The molecule has 0 bridgehead atoms. The molecule has 1 aliphatic heterocycles. The molecule has 1 saturated carbocycles. The van der Waals surface area contributed by atoms with E-state index in [2.05, 4.69) is 6.07 Å². The second-order valence-electron chi connectivity index (χ2n) is 6.50. The predicted molar refractivity (Wildman–Crippen MR) is 83.1 cm³/mol. The molecule has 2 unspecified atom stereocenters. The summed E-state index contributed by atoms with van der Waals surface area (Å²) in [6.45, 7) is 0. The molecule has 0 aromatic heterocycles. The number of ether oxygens (including phenoxy) is 1. The lowest BCUT2D eigenvalue weighted by molar-refractivity contribution is -0.0407. The normalized spacial score (nSPS) is 26.2. The van der Waals surface area contributed by atoms with Gasteiger partial charge in [-0.2, -0.15) is 0 Å². The van der Waals surface area contributed by atoms with Gasteiger partial charge in [0.15, 0.2) is 0 Å². The zero-order valence-electron chi connectivity index (χ0n) is 12.0. The smallest absolute Gasteiger partial charge is 0.0687 e. The molecular formula is C17H24ClNO. The first kappa shape index (κ1) is 14.4. The third-order valence-corrected chi connectivity index (χ3v) is 5.04. The molecule has 110 valence electrons. The van der Waals surface area contributed by atoms with E-state index in [1.165, 1.54) is 44.1 Å². The van der Waals surface area contributed by atoms with Gasteiger partial charge in [0.25, 0.3) is 0 Å². The van der Waals surface area contributed by atoms with Gasteiger partial charge in [0.1, 0.15) is 0 Å². The van der Waals surface area contributed by atoms with Crippen LogP contribution in [0.2, 0.25) is 5.02 Å². The Balaban J connectivity index is 1.51. The van der Waals surface area contributed by atoms with Crippen LogP contribution in [0, 0.1) is 0 Å². The monoisotopic (exact) mass is 293 g/mol. The second-order valence-corrected chi connectivity index (χ2v) is 6.93. The summed E-state index contributed by atoms with van der Waals surface area (Å²) in [5.74, 6) is 0. The molecule has 2 N–H and O–H groups in total. The molecule has 1 spiro atoms. The minimum Gasteiger partial charge on any atom is -0.372 e. The number of nitrogens with two attached hydrogens (primary N) is 1. The number of rotatable bonds is 4. The van der Waals surface area contributed by atoms with E-state index in [4.69, 9.17) is 22.1 Å². The molecule has 0 radical (unpaired) electrons. The maximum atomic E-state index is 6.34. The van der Waals surface area contributed by atoms with Gasteiger partial charge < -0.3 is 10.5 Å². The van der Waals surface area contributed by atoms with E-state index < -0.39 is 0 Å². The minimum absolute atomic E-state index is 0.162. The number of hydrogen-bond acceptors (Lipinski definition) is 2. The second kappa shape index (κ2) is 6.05. The molecule has 2 nitrogen and oxygen atoms in total. The van der Waals surface area contributed by atoms with Crippen LogP contribution in [0.5, 0.6) is 0 Å². The lowest BCUT2D eigenvalue weighted by Gasteiger charge is -2.25. The van der Waals surface area contributed by atoms with Crippen molar-refractivity contribution >= 4 is 11.6 Å². The molecule has 3 heteroatoms. The lowest BCUT2D eigenvalue weighted by Crippen LogP contribution is -2.31. The van der Waals surface area contributed by atoms with Gasteiger partial charge in [-0.25, -0.2) is 0 Å². The highest BCUT2D eigenvalue weighted by Gasteiger charge is 2.42. The summed E-state index contributed by atoms with van der Waals surface area (Å²) in [5.41, 5.74) is 7.74. The minimum atomic E-state index is 0.162. The van der Waals surface area contributed by atoms with E-state index in [-0.39, 0.29) is 11.6 Å². The zero-order valence-corrected chi connectivity index (χ0v) is 12.7. The Morgan fingerprint density at radius 2 is 2.10 bits per heavy atom. The fraction of sp³-hybridized carbons (Fsp3) is 0.647. The van der Waals surface area contributed by atoms with Crippen LogP contribution in [0.4, 0.5) is 0 Å². The Labute approximate surface area is 126 Å². The average Bonchev–Trinajstić information content (AvgIpc) is 3.00. The fourth-order valence-electron chi connectivity index (χ4n) is 3.84. The maximum Gasteiger partial charge on any atom is 0.0687 e.